The van der Waals surface area contributed by atoms with E-state index < -0.39 is 0 Å². The van der Waals surface area contributed by atoms with Gasteiger partial charge in [0.1, 0.15) is 0 Å². The van der Waals surface area contributed by atoms with E-state index in [0.717, 1.165) is 12.8 Å². The Morgan fingerprint density at radius 2 is 2.60 bits per heavy atom. The second-order valence-corrected chi connectivity index (χ2v) is 4.17. The average Bonchev–Trinajstić information content (AvgIpc) is 2.34. The van der Waals surface area contributed by atoms with Crippen molar-refractivity contribution in [3.63, 3.8) is 0 Å². The maximum atomic E-state index is 4.29. The molecule has 0 aromatic carbocycles. The van der Waals surface area contributed by atoms with Crippen molar-refractivity contribution in [3.05, 3.63) is 16.6 Å². The van der Waals surface area contributed by atoms with E-state index >= 15 is 0 Å². The fourth-order valence-corrected chi connectivity index (χ4v) is 1.47. The van der Waals surface area contributed by atoms with Crippen LogP contribution in [0.1, 0.15) is 18.4 Å². The zero-order valence-electron chi connectivity index (χ0n) is 5.95. The van der Waals surface area contributed by atoms with Gasteiger partial charge >= 0.3 is 0 Å². The SMILES string of the molecule is CC(S)CCc1nccs1. The highest BCUT2D eigenvalue weighted by Crippen LogP contribution is 2.10. The highest BCUT2D eigenvalue weighted by molar-refractivity contribution is 7.80. The average molecular weight is 173 g/mol. The molecule has 0 saturated carbocycles. The van der Waals surface area contributed by atoms with E-state index in [0.29, 0.717) is 5.25 Å². The first-order chi connectivity index (χ1) is 4.79. The molecule has 10 heavy (non-hydrogen) atoms. The molecule has 0 radical (unpaired) electrons. The first kappa shape index (κ1) is 8.08. The van der Waals surface area contributed by atoms with Gasteiger partial charge in [0.25, 0.3) is 0 Å². The van der Waals surface area contributed by atoms with E-state index in [1.54, 1.807) is 11.3 Å². The quantitative estimate of drug-likeness (QED) is 0.693. The molecular weight excluding hydrogens is 162 g/mol. The Morgan fingerprint density at radius 1 is 1.80 bits per heavy atom. The molecule has 56 valence electrons. The fourth-order valence-electron chi connectivity index (χ4n) is 0.709. The normalized spacial score (nSPS) is 13.4. The molecule has 1 heterocycles. The first-order valence-electron chi connectivity index (χ1n) is 3.35. The van der Waals surface area contributed by atoms with E-state index in [1.807, 2.05) is 11.6 Å². The van der Waals surface area contributed by atoms with Crippen LogP contribution in [0.2, 0.25) is 0 Å². The molecule has 1 atom stereocenters. The van der Waals surface area contributed by atoms with Crippen LogP contribution in [-0.4, -0.2) is 10.2 Å². The molecule has 0 fully saturated rings. The van der Waals surface area contributed by atoms with E-state index in [2.05, 4.69) is 24.5 Å². The van der Waals surface area contributed by atoms with E-state index in [-0.39, 0.29) is 0 Å². The third kappa shape index (κ3) is 2.71. The minimum absolute atomic E-state index is 0.490. The van der Waals surface area contributed by atoms with E-state index in [9.17, 15) is 0 Å². The summed E-state index contributed by atoms with van der Waals surface area (Å²) in [6, 6.07) is 0. The molecule has 1 nitrogen and oxygen atoms in total. The highest BCUT2D eigenvalue weighted by atomic mass is 32.1. The van der Waals surface area contributed by atoms with Gasteiger partial charge in [0.2, 0.25) is 0 Å². The van der Waals surface area contributed by atoms with Crippen LogP contribution in [0.25, 0.3) is 0 Å². The number of aryl methyl sites for hydroxylation is 1. The lowest BCUT2D eigenvalue weighted by molar-refractivity contribution is 0.810. The van der Waals surface area contributed by atoms with Gasteiger partial charge in [-0.15, -0.1) is 11.3 Å². The predicted molar refractivity (Wildman–Crippen MR) is 48.9 cm³/mol. The van der Waals surface area contributed by atoms with Crippen LogP contribution in [0.15, 0.2) is 11.6 Å². The molecule has 0 spiro atoms. The fraction of sp³-hybridized carbons (Fsp3) is 0.571. The molecule has 0 N–H and O–H groups in total. The Morgan fingerprint density at radius 3 is 3.10 bits per heavy atom. The summed E-state index contributed by atoms with van der Waals surface area (Å²) in [5, 5.41) is 3.73. The highest BCUT2D eigenvalue weighted by Gasteiger charge is 1.97. The number of thiazole rings is 1. The standard InChI is InChI=1S/C7H11NS2/c1-6(9)2-3-7-8-4-5-10-7/h4-6,9H,2-3H2,1H3. The molecule has 1 unspecified atom stereocenters. The Balaban J connectivity index is 2.28. The molecule has 0 aliphatic carbocycles. The lowest BCUT2D eigenvalue weighted by Gasteiger charge is -1.98. The zero-order valence-corrected chi connectivity index (χ0v) is 7.66. The van der Waals surface area contributed by atoms with Gasteiger partial charge in [-0.2, -0.15) is 12.6 Å². The van der Waals surface area contributed by atoms with Gasteiger partial charge in [0.05, 0.1) is 5.01 Å². The van der Waals surface area contributed by atoms with Crippen LogP contribution < -0.4 is 0 Å². The summed E-state index contributed by atoms with van der Waals surface area (Å²) in [6.07, 6.45) is 4.04. The van der Waals surface area contributed by atoms with Crippen molar-refractivity contribution in [1.29, 1.82) is 0 Å². The number of hydrogen-bond donors (Lipinski definition) is 1. The van der Waals surface area contributed by atoms with Crippen LogP contribution in [0.4, 0.5) is 0 Å². The third-order valence-corrected chi connectivity index (χ3v) is 2.36. The van der Waals surface area contributed by atoms with Crippen molar-refractivity contribution in [2.24, 2.45) is 0 Å². The predicted octanol–water partition coefficient (Wildman–Crippen LogP) is 2.39. The Kier molecular flexibility index (Phi) is 3.22. The molecule has 0 bridgehead atoms. The number of rotatable bonds is 3. The molecule has 0 aliphatic rings. The number of aromatic nitrogens is 1. The topological polar surface area (TPSA) is 12.9 Å². The smallest absolute Gasteiger partial charge is 0.0925 e. The Hall–Kier alpha value is -0.0200. The summed E-state index contributed by atoms with van der Waals surface area (Å²) in [6.45, 7) is 2.11. The van der Waals surface area contributed by atoms with Crippen LogP contribution in [-0.2, 0) is 6.42 Å². The second-order valence-electron chi connectivity index (χ2n) is 2.31. The maximum Gasteiger partial charge on any atom is 0.0925 e. The van der Waals surface area contributed by atoms with Crippen molar-refractivity contribution < 1.29 is 0 Å². The Labute approximate surface area is 70.9 Å². The van der Waals surface area contributed by atoms with Gasteiger partial charge in [0, 0.05) is 18.0 Å². The minimum atomic E-state index is 0.490. The second kappa shape index (κ2) is 3.98. The molecule has 3 heteroatoms. The molecule has 0 amide bonds. The van der Waals surface area contributed by atoms with Gasteiger partial charge < -0.3 is 0 Å². The molecule has 1 rings (SSSR count). The largest absolute Gasteiger partial charge is 0.250 e. The van der Waals surface area contributed by atoms with Crippen LogP contribution in [0, 0.1) is 0 Å². The van der Waals surface area contributed by atoms with Crippen molar-refractivity contribution in [2.45, 2.75) is 25.0 Å². The Bertz CT molecular complexity index is 170. The molecule has 1 aromatic rings. The molecular formula is C7H11NS2. The molecule has 0 aliphatic heterocycles. The third-order valence-electron chi connectivity index (χ3n) is 1.26. The number of thiol groups is 1. The number of nitrogens with zero attached hydrogens (tertiary/aromatic N) is 1. The maximum absolute atomic E-state index is 4.29. The summed E-state index contributed by atoms with van der Waals surface area (Å²) >= 11 is 6.01. The van der Waals surface area contributed by atoms with E-state index in [4.69, 9.17) is 0 Å². The molecule has 0 saturated heterocycles. The lowest BCUT2D eigenvalue weighted by atomic mass is 10.2. The van der Waals surface area contributed by atoms with Gasteiger partial charge in [-0.25, -0.2) is 4.98 Å². The van der Waals surface area contributed by atoms with Crippen molar-refractivity contribution in [1.82, 2.24) is 4.98 Å². The van der Waals surface area contributed by atoms with Crippen molar-refractivity contribution in [3.8, 4) is 0 Å². The summed E-state index contributed by atoms with van der Waals surface area (Å²) in [5.74, 6) is 0. The first-order valence-corrected chi connectivity index (χ1v) is 4.75. The molecule has 1 aromatic heterocycles. The summed E-state index contributed by atoms with van der Waals surface area (Å²) < 4.78 is 0. The van der Waals surface area contributed by atoms with Gasteiger partial charge in [-0.3, -0.25) is 0 Å². The van der Waals surface area contributed by atoms with Gasteiger partial charge in [-0.05, 0) is 11.7 Å². The van der Waals surface area contributed by atoms with Crippen LogP contribution in [0.3, 0.4) is 0 Å². The number of hydrogen-bond acceptors (Lipinski definition) is 3. The van der Waals surface area contributed by atoms with Gasteiger partial charge in [0.15, 0.2) is 0 Å². The summed E-state index contributed by atoms with van der Waals surface area (Å²) in [5.41, 5.74) is 0. The van der Waals surface area contributed by atoms with Crippen LogP contribution in [0.5, 0.6) is 0 Å². The van der Waals surface area contributed by atoms with Crippen LogP contribution >= 0.6 is 24.0 Å². The van der Waals surface area contributed by atoms with Crippen molar-refractivity contribution >= 4 is 24.0 Å². The summed E-state index contributed by atoms with van der Waals surface area (Å²) in [4.78, 5) is 4.17. The lowest BCUT2D eigenvalue weighted by Crippen LogP contribution is -1.93. The summed E-state index contributed by atoms with van der Waals surface area (Å²) in [7, 11) is 0. The van der Waals surface area contributed by atoms with E-state index in [1.165, 1.54) is 5.01 Å². The zero-order chi connectivity index (χ0) is 7.40. The van der Waals surface area contributed by atoms with Crippen molar-refractivity contribution in [2.75, 3.05) is 0 Å². The monoisotopic (exact) mass is 173 g/mol. The van der Waals surface area contributed by atoms with Gasteiger partial charge in [-0.1, -0.05) is 6.92 Å². The minimum Gasteiger partial charge on any atom is -0.250 e.